The number of anilines is 1. The molecular weight excluding hydrogens is 392 g/mol. The average Bonchev–Trinajstić information content (AvgIpc) is 3.45. The molecule has 1 aromatic carbocycles. The molecule has 1 N–H and O–H groups in total. The van der Waals surface area contributed by atoms with E-state index < -0.39 is 0 Å². The van der Waals surface area contributed by atoms with Crippen molar-refractivity contribution in [1.29, 1.82) is 0 Å². The van der Waals surface area contributed by atoms with Crippen LogP contribution >= 0.6 is 23.1 Å². The average molecular weight is 419 g/mol. The van der Waals surface area contributed by atoms with Gasteiger partial charge < -0.3 is 5.32 Å². The predicted molar refractivity (Wildman–Crippen MR) is 114 cm³/mol. The molecule has 0 radical (unpaired) electrons. The Hall–Kier alpha value is -1.93. The maximum absolute atomic E-state index is 12.2. The molecule has 3 rings (SSSR count). The summed E-state index contributed by atoms with van der Waals surface area (Å²) < 4.78 is 0.717. The van der Waals surface area contributed by atoms with Gasteiger partial charge in [0.2, 0.25) is 16.9 Å². The summed E-state index contributed by atoms with van der Waals surface area (Å²) in [4.78, 5) is 26.2. The molecule has 1 saturated carbocycles. The van der Waals surface area contributed by atoms with E-state index in [9.17, 15) is 9.59 Å². The maximum Gasteiger partial charge on any atom is 0.230 e. The number of hydrogen-bond donors (Lipinski definition) is 1. The van der Waals surface area contributed by atoms with Crippen molar-refractivity contribution in [2.75, 3.05) is 17.2 Å². The van der Waals surface area contributed by atoms with E-state index in [1.165, 1.54) is 28.7 Å². The van der Waals surface area contributed by atoms with Crippen molar-refractivity contribution in [1.82, 2.24) is 15.5 Å². The van der Waals surface area contributed by atoms with Crippen molar-refractivity contribution in [3.63, 3.8) is 0 Å². The summed E-state index contributed by atoms with van der Waals surface area (Å²) in [7, 11) is 0. The molecule has 1 unspecified atom stereocenters. The van der Waals surface area contributed by atoms with Gasteiger partial charge in [-0.3, -0.25) is 14.5 Å². The fourth-order valence-electron chi connectivity index (χ4n) is 2.97. The Morgan fingerprint density at radius 1 is 1.25 bits per heavy atom. The van der Waals surface area contributed by atoms with Crippen LogP contribution in [0.15, 0.2) is 34.7 Å². The van der Waals surface area contributed by atoms with Gasteiger partial charge in [-0.2, -0.15) is 0 Å². The van der Waals surface area contributed by atoms with Gasteiger partial charge >= 0.3 is 0 Å². The highest BCUT2D eigenvalue weighted by molar-refractivity contribution is 8.01. The standard InChI is InChI=1S/C20H26N4O2S2/c1-3-14(15-8-6-5-7-9-15)12-21-17(25)13-27-20-23-22-19(28-20)24(16-10-11-16)18(26)4-2/h5-9,14,16H,3-4,10-13H2,1-2H3,(H,21,25). The van der Waals surface area contributed by atoms with Crippen LogP contribution in [0.1, 0.15) is 51.0 Å². The molecule has 6 nitrogen and oxygen atoms in total. The van der Waals surface area contributed by atoms with Crippen LogP contribution in [-0.4, -0.2) is 40.4 Å². The number of carbonyl (C=O) groups excluding carboxylic acids is 2. The maximum atomic E-state index is 12.2. The van der Waals surface area contributed by atoms with Crippen molar-refractivity contribution >= 4 is 40.0 Å². The molecule has 2 amide bonds. The third kappa shape index (κ3) is 5.54. The molecule has 1 heterocycles. The highest BCUT2D eigenvalue weighted by Gasteiger charge is 2.35. The molecule has 1 aliphatic carbocycles. The third-order valence-corrected chi connectivity index (χ3v) is 6.78. The molecule has 1 aliphatic rings. The number of nitrogens with zero attached hydrogens (tertiary/aromatic N) is 3. The predicted octanol–water partition coefficient (Wildman–Crippen LogP) is 3.85. The van der Waals surface area contributed by atoms with Gasteiger partial charge in [-0.15, -0.1) is 10.2 Å². The van der Waals surface area contributed by atoms with Crippen LogP contribution < -0.4 is 10.2 Å². The second-order valence-electron chi connectivity index (χ2n) is 6.81. The molecule has 150 valence electrons. The molecule has 0 saturated heterocycles. The highest BCUT2D eigenvalue weighted by Crippen LogP contribution is 2.36. The van der Waals surface area contributed by atoms with Gasteiger partial charge in [0.25, 0.3) is 0 Å². The van der Waals surface area contributed by atoms with Gasteiger partial charge in [-0.05, 0) is 24.8 Å². The molecule has 2 aromatic rings. The van der Waals surface area contributed by atoms with E-state index >= 15 is 0 Å². The zero-order valence-corrected chi connectivity index (χ0v) is 17.9. The smallest absolute Gasteiger partial charge is 0.230 e. The number of rotatable bonds is 10. The van der Waals surface area contributed by atoms with Gasteiger partial charge in [-0.1, -0.05) is 67.3 Å². The zero-order valence-electron chi connectivity index (χ0n) is 16.3. The van der Waals surface area contributed by atoms with Crippen LogP contribution in [0, 0.1) is 0 Å². The first-order valence-corrected chi connectivity index (χ1v) is 11.5. The summed E-state index contributed by atoms with van der Waals surface area (Å²) in [6, 6.07) is 10.5. The number of hydrogen-bond acceptors (Lipinski definition) is 6. The van der Waals surface area contributed by atoms with Crippen LogP contribution in [0.25, 0.3) is 0 Å². The Kier molecular flexibility index (Phi) is 7.44. The lowest BCUT2D eigenvalue weighted by Crippen LogP contribution is -2.32. The second-order valence-corrected chi connectivity index (χ2v) is 8.99. The van der Waals surface area contributed by atoms with Gasteiger partial charge in [0, 0.05) is 24.9 Å². The normalized spacial score (nSPS) is 14.5. The number of amides is 2. The van der Waals surface area contributed by atoms with E-state index in [4.69, 9.17) is 0 Å². The fraction of sp³-hybridized carbons (Fsp3) is 0.500. The van der Waals surface area contributed by atoms with E-state index in [2.05, 4.69) is 34.6 Å². The van der Waals surface area contributed by atoms with E-state index in [0.717, 1.165) is 23.6 Å². The van der Waals surface area contributed by atoms with Crippen LogP contribution in [0.3, 0.4) is 0 Å². The Morgan fingerprint density at radius 2 is 2.00 bits per heavy atom. The SMILES string of the molecule is CCC(=O)N(c1nnc(SCC(=O)NCC(CC)c2ccccc2)s1)C1CC1. The van der Waals surface area contributed by atoms with E-state index in [1.54, 1.807) is 4.90 Å². The van der Waals surface area contributed by atoms with Crippen molar-refractivity contribution < 1.29 is 9.59 Å². The van der Waals surface area contributed by atoms with Gasteiger partial charge in [0.15, 0.2) is 4.34 Å². The van der Waals surface area contributed by atoms with E-state index in [0.29, 0.717) is 29.8 Å². The monoisotopic (exact) mass is 418 g/mol. The zero-order chi connectivity index (χ0) is 19.9. The Bertz CT molecular complexity index is 793. The van der Waals surface area contributed by atoms with Gasteiger partial charge in [0.1, 0.15) is 0 Å². The van der Waals surface area contributed by atoms with Crippen LogP contribution in [-0.2, 0) is 9.59 Å². The minimum Gasteiger partial charge on any atom is -0.355 e. The molecule has 1 fully saturated rings. The molecule has 8 heteroatoms. The van der Waals surface area contributed by atoms with Crippen molar-refractivity contribution in [2.45, 2.75) is 55.8 Å². The third-order valence-electron chi connectivity index (χ3n) is 4.72. The highest BCUT2D eigenvalue weighted by atomic mass is 32.2. The molecule has 1 atom stereocenters. The summed E-state index contributed by atoms with van der Waals surface area (Å²) in [5.74, 6) is 0.681. The summed E-state index contributed by atoms with van der Waals surface area (Å²) in [6.45, 7) is 4.62. The van der Waals surface area contributed by atoms with Crippen molar-refractivity contribution in [2.24, 2.45) is 0 Å². The minimum absolute atomic E-state index is 0.0141. The minimum atomic E-state index is -0.0141. The largest absolute Gasteiger partial charge is 0.355 e. The van der Waals surface area contributed by atoms with Crippen LogP contribution in [0.4, 0.5) is 5.13 Å². The number of thioether (sulfide) groups is 1. The lowest BCUT2D eigenvalue weighted by Gasteiger charge is -2.17. The molecule has 0 aliphatic heterocycles. The van der Waals surface area contributed by atoms with Crippen LogP contribution in [0.5, 0.6) is 0 Å². The lowest BCUT2D eigenvalue weighted by atomic mass is 9.96. The first-order chi connectivity index (χ1) is 13.6. The van der Waals surface area contributed by atoms with E-state index in [-0.39, 0.29) is 17.9 Å². The van der Waals surface area contributed by atoms with E-state index in [1.807, 2.05) is 25.1 Å². The summed E-state index contributed by atoms with van der Waals surface area (Å²) in [6.07, 6.45) is 3.48. The second kappa shape index (κ2) is 10.0. The van der Waals surface area contributed by atoms with Crippen LogP contribution in [0.2, 0.25) is 0 Å². The quantitative estimate of drug-likeness (QED) is 0.469. The van der Waals surface area contributed by atoms with Gasteiger partial charge in [0.05, 0.1) is 5.75 Å². The van der Waals surface area contributed by atoms with Crippen molar-refractivity contribution in [3.05, 3.63) is 35.9 Å². The number of carbonyl (C=O) groups is 2. The summed E-state index contributed by atoms with van der Waals surface area (Å²) in [5.41, 5.74) is 1.24. The number of aromatic nitrogens is 2. The molecule has 0 spiro atoms. The molecule has 0 bridgehead atoms. The molecule has 1 aromatic heterocycles. The Balaban J connectivity index is 1.48. The number of benzene rings is 1. The van der Waals surface area contributed by atoms with Gasteiger partial charge in [-0.25, -0.2) is 0 Å². The topological polar surface area (TPSA) is 75.2 Å². The Morgan fingerprint density at radius 3 is 2.64 bits per heavy atom. The first-order valence-electron chi connectivity index (χ1n) is 9.72. The molecule has 28 heavy (non-hydrogen) atoms. The Labute approximate surface area is 174 Å². The first kappa shape index (κ1) is 20.8. The summed E-state index contributed by atoms with van der Waals surface area (Å²) in [5, 5.41) is 12.0. The fourth-order valence-corrected chi connectivity index (χ4v) is 4.73. The molecular formula is C20H26N4O2S2. The summed E-state index contributed by atoms with van der Waals surface area (Å²) >= 11 is 2.75. The van der Waals surface area contributed by atoms with Crippen molar-refractivity contribution in [3.8, 4) is 0 Å². The number of nitrogens with one attached hydrogen (secondary N) is 1. The lowest BCUT2D eigenvalue weighted by molar-refractivity contribution is -0.119.